The number of para-hydroxylation sites is 1. The number of carbonyl (C=O) groups is 3. The fourth-order valence-electron chi connectivity index (χ4n) is 4.33. The molecule has 0 aromatic heterocycles. The van der Waals surface area contributed by atoms with E-state index in [-0.39, 0.29) is 29.6 Å². The summed E-state index contributed by atoms with van der Waals surface area (Å²) < 4.78 is 26.8. The van der Waals surface area contributed by atoms with Crippen LogP contribution in [0.5, 0.6) is 0 Å². The van der Waals surface area contributed by atoms with E-state index < -0.39 is 23.7 Å². The molecule has 2 saturated heterocycles. The maximum absolute atomic E-state index is 13.8. The van der Waals surface area contributed by atoms with Gasteiger partial charge in [-0.2, -0.15) is 0 Å². The van der Waals surface area contributed by atoms with Crippen molar-refractivity contribution in [3.05, 3.63) is 60.2 Å². The van der Waals surface area contributed by atoms with Gasteiger partial charge in [-0.3, -0.25) is 14.5 Å². The molecule has 0 unspecified atom stereocenters. The van der Waals surface area contributed by atoms with E-state index in [9.17, 15) is 23.2 Å². The molecule has 2 aromatic rings. The number of rotatable bonds is 6. The minimum Gasteiger partial charge on any atom is -0.353 e. The summed E-state index contributed by atoms with van der Waals surface area (Å²) in [5, 5.41) is 10.8. The van der Waals surface area contributed by atoms with E-state index >= 15 is 0 Å². The molecular formula is C23H25F2N5O3. The van der Waals surface area contributed by atoms with Crippen LogP contribution in [0.25, 0.3) is 0 Å². The average Bonchev–Trinajstić information content (AvgIpc) is 3.20. The van der Waals surface area contributed by atoms with Crippen molar-refractivity contribution in [3.63, 3.8) is 0 Å². The number of fused-ring (bicyclic) bond motifs is 1. The molecule has 4 amide bonds. The number of carbonyl (C=O) groups excluding carboxylic acids is 3. The number of anilines is 2. The molecule has 2 fully saturated rings. The fraction of sp³-hybridized carbons (Fsp3) is 0.348. The molecule has 3 atom stereocenters. The lowest BCUT2D eigenvalue weighted by atomic mass is 10.0. The SMILES string of the molecule is O=C(CC[C@@H]1CNC(=O)[C@@H]2C[C@H](NC(=O)Nc3ccc(F)cc3F)CN12)Nc1ccccc1. The number of halogens is 2. The Kier molecular flexibility index (Phi) is 6.83. The van der Waals surface area contributed by atoms with Crippen LogP contribution in [0.2, 0.25) is 0 Å². The molecule has 2 aliphatic heterocycles. The van der Waals surface area contributed by atoms with Gasteiger partial charge in [-0.25, -0.2) is 13.6 Å². The van der Waals surface area contributed by atoms with Crippen LogP contribution in [0.1, 0.15) is 19.3 Å². The number of urea groups is 1. The second-order valence-corrected chi connectivity index (χ2v) is 8.22. The van der Waals surface area contributed by atoms with Gasteiger partial charge in [0.05, 0.1) is 11.7 Å². The molecule has 0 spiro atoms. The summed E-state index contributed by atoms with van der Waals surface area (Å²) >= 11 is 0. The molecular weight excluding hydrogens is 432 g/mol. The minimum atomic E-state index is -0.873. The largest absolute Gasteiger partial charge is 0.353 e. The Morgan fingerprint density at radius 1 is 1.09 bits per heavy atom. The first-order valence-electron chi connectivity index (χ1n) is 10.8. The molecule has 0 saturated carbocycles. The van der Waals surface area contributed by atoms with Gasteiger partial charge in [0.15, 0.2) is 0 Å². The number of piperazine rings is 1. The van der Waals surface area contributed by atoms with Crippen LogP contribution in [0.4, 0.5) is 25.0 Å². The third-order valence-electron chi connectivity index (χ3n) is 5.90. The second-order valence-electron chi connectivity index (χ2n) is 8.22. The molecule has 2 heterocycles. The minimum absolute atomic E-state index is 0.0429. The number of amides is 4. The molecule has 8 nitrogen and oxygen atoms in total. The summed E-state index contributed by atoms with van der Waals surface area (Å²) in [5.41, 5.74) is 0.594. The zero-order valence-corrected chi connectivity index (χ0v) is 17.8. The average molecular weight is 457 g/mol. The van der Waals surface area contributed by atoms with Gasteiger partial charge in [-0.1, -0.05) is 18.2 Å². The predicted molar refractivity (Wildman–Crippen MR) is 119 cm³/mol. The maximum atomic E-state index is 13.8. The van der Waals surface area contributed by atoms with Gasteiger partial charge in [0.25, 0.3) is 0 Å². The molecule has 4 N–H and O–H groups in total. The molecule has 2 aliphatic rings. The third kappa shape index (κ3) is 5.64. The molecule has 0 bridgehead atoms. The van der Waals surface area contributed by atoms with Crippen LogP contribution in [-0.2, 0) is 9.59 Å². The van der Waals surface area contributed by atoms with E-state index in [0.29, 0.717) is 38.4 Å². The Labute approximate surface area is 189 Å². The summed E-state index contributed by atoms with van der Waals surface area (Å²) in [5.74, 6) is -1.83. The van der Waals surface area contributed by atoms with Gasteiger partial charge in [-0.05, 0) is 37.1 Å². The Balaban J connectivity index is 1.30. The molecule has 0 radical (unpaired) electrons. The lowest BCUT2D eigenvalue weighted by Crippen LogP contribution is -2.58. The Morgan fingerprint density at radius 3 is 2.64 bits per heavy atom. The first-order valence-corrected chi connectivity index (χ1v) is 10.8. The molecule has 0 aliphatic carbocycles. The number of nitrogens with one attached hydrogen (secondary N) is 4. The van der Waals surface area contributed by atoms with E-state index in [1.165, 1.54) is 0 Å². The zero-order chi connectivity index (χ0) is 23.4. The molecule has 10 heteroatoms. The highest BCUT2D eigenvalue weighted by Crippen LogP contribution is 2.26. The number of nitrogens with zero attached hydrogens (tertiary/aromatic N) is 1. The van der Waals surface area contributed by atoms with Crippen molar-refractivity contribution in [2.75, 3.05) is 23.7 Å². The monoisotopic (exact) mass is 457 g/mol. The van der Waals surface area contributed by atoms with Gasteiger partial charge >= 0.3 is 6.03 Å². The first kappa shape index (κ1) is 22.7. The Morgan fingerprint density at radius 2 is 1.88 bits per heavy atom. The smallest absolute Gasteiger partial charge is 0.319 e. The van der Waals surface area contributed by atoms with Crippen LogP contribution in [0, 0.1) is 11.6 Å². The summed E-state index contributed by atoms with van der Waals surface area (Å²) in [7, 11) is 0. The van der Waals surface area contributed by atoms with Crippen molar-refractivity contribution in [2.24, 2.45) is 0 Å². The summed E-state index contributed by atoms with van der Waals surface area (Å²) in [6.07, 6.45) is 1.24. The quantitative estimate of drug-likeness (QED) is 0.535. The molecule has 4 rings (SSSR count). The predicted octanol–water partition coefficient (Wildman–Crippen LogP) is 2.45. The van der Waals surface area contributed by atoms with Crippen molar-refractivity contribution >= 4 is 29.2 Å². The first-order chi connectivity index (χ1) is 15.9. The van der Waals surface area contributed by atoms with Gasteiger partial charge in [0.1, 0.15) is 11.6 Å². The van der Waals surface area contributed by atoms with Gasteiger partial charge in [0, 0.05) is 43.3 Å². The van der Waals surface area contributed by atoms with E-state index in [4.69, 9.17) is 0 Å². The normalized spacial score (nSPS) is 22.2. The van der Waals surface area contributed by atoms with Crippen molar-refractivity contribution < 1.29 is 23.2 Å². The standard InChI is InChI=1S/C23H25F2N5O3/c24-14-6-8-19(18(25)10-14)29-23(33)28-16-11-20-22(32)26-12-17(30(20)13-16)7-9-21(31)27-15-4-2-1-3-5-15/h1-6,8,10,16-17,20H,7,9,11-13H2,(H,26,32)(H,27,31)(H2,28,29,33)/t16-,17+,20-/m0/s1. The molecule has 174 valence electrons. The number of benzene rings is 2. The van der Waals surface area contributed by atoms with Gasteiger partial charge in [-0.15, -0.1) is 0 Å². The zero-order valence-electron chi connectivity index (χ0n) is 17.8. The lowest BCUT2D eigenvalue weighted by Gasteiger charge is -2.37. The van der Waals surface area contributed by atoms with Gasteiger partial charge < -0.3 is 21.3 Å². The topological polar surface area (TPSA) is 103 Å². The number of hydrogen-bond acceptors (Lipinski definition) is 4. The molecule has 33 heavy (non-hydrogen) atoms. The molecule has 2 aromatic carbocycles. The Bertz CT molecular complexity index is 1040. The van der Waals surface area contributed by atoms with Crippen LogP contribution in [-0.4, -0.2) is 54.0 Å². The number of hydrogen-bond donors (Lipinski definition) is 4. The van der Waals surface area contributed by atoms with Crippen LogP contribution in [0.15, 0.2) is 48.5 Å². The highest BCUT2D eigenvalue weighted by Gasteiger charge is 2.43. The summed E-state index contributed by atoms with van der Waals surface area (Å²) in [4.78, 5) is 39.0. The lowest BCUT2D eigenvalue weighted by molar-refractivity contribution is -0.129. The van der Waals surface area contributed by atoms with Crippen molar-refractivity contribution in [2.45, 2.75) is 37.4 Å². The highest BCUT2D eigenvalue weighted by molar-refractivity contribution is 5.91. The second kappa shape index (κ2) is 9.95. The van der Waals surface area contributed by atoms with E-state index in [0.717, 1.165) is 17.8 Å². The van der Waals surface area contributed by atoms with Crippen molar-refractivity contribution in [1.29, 1.82) is 0 Å². The van der Waals surface area contributed by atoms with Crippen LogP contribution < -0.4 is 21.3 Å². The summed E-state index contributed by atoms with van der Waals surface area (Å²) in [6.45, 7) is 0.857. The van der Waals surface area contributed by atoms with Crippen LogP contribution in [0.3, 0.4) is 0 Å². The van der Waals surface area contributed by atoms with Gasteiger partial charge in [0.2, 0.25) is 11.8 Å². The van der Waals surface area contributed by atoms with E-state index in [1.54, 1.807) is 0 Å². The maximum Gasteiger partial charge on any atom is 0.319 e. The van der Waals surface area contributed by atoms with Crippen molar-refractivity contribution in [3.8, 4) is 0 Å². The third-order valence-corrected chi connectivity index (χ3v) is 5.90. The van der Waals surface area contributed by atoms with Crippen LogP contribution >= 0.6 is 0 Å². The summed E-state index contributed by atoms with van der Waals surface area (Å²) in [6, 6.07) is 10.7. The van der Waals surface area contributed by atoms with E-state index in [2.05, 4.69) is 21.3 Å². The fourth-order valence-corrected chi connectivity index (χ4v) is 4.33. The van der Waals surface area contributed by atoms with Crippen molar-refractivity contribution in [1.82, 2.24) is 15.5 Å². The van der Waals surface area contributed by atoms with E-state index in [1.807, 2.05) is 35.2 Å². The Hall–Kier alpha value is -3.53. The highest BCUT2D eigenvalue weighted by atomic mass is 19.1.